The number of nitrogens with zero attached hydrogens (tertiary/aromatic N) is 2. The average molecular weight is 356 g/mol. The molecule has 1 aliphatic carbocycles. The number of anilines is 1. The summed E-state index contributed by atoms with van der Waals surface area (Å²) in [6.07, 6.45) is 4.40. The molecule has 0 heterocycles. The van der Waals surface area contributed by atoms with Gasteiger partial charge in [0.15, 0.2) is 0 Å². The Bertz CT molecular complexity index is 672. The van der Waals surface area contributed by atoms with Gasteiger partial charge in [-0.1, -0.05) is 37.0 Å². The van der Waals surface area contributed by atoms with Crippen molar-refractivity contribution in [1.82, 2.24) is 10.2 Å². The lowest BCUT2D eigenvalue weighted by atomic mass is 9.82. The molecule has 2 amide bonds. The van der Waals surface area contributed by atoms with Gasteiger partial charge in [-0.2, -0.15) is 5.26 Å². The third-order valence-electron chi connectivity index (χ3n) is 5.05. The summed E-state index contributed by atoms with van der Waals surface area (Å²) >= 11 is 0. The minimum absolute atomic E-state index is 0.0992. The van der Waals surface area contributed by atoms with Crippen LogP contribution < -0.4 is 10.6 Å². The monoisotopic (exact) mass is 356 g/mol. The Morgan fingerprint density at radius 3 is 2.42 bits per heavy atom. The number of amides is 2. The smallest absolute Gasteiger partial charge is 0.238 e. The number of carbonyl (C=O) groups is 2. The molecule has 6 nitrogen and oxygen atoms in total. The zero-order valence-electron chi connectivity index (χ0n) is 15.8. The summed E-state index contributed by atoms with van der Waals surface area (Å²) in [6, 6.07) is 9.36. The molecule has 0 unspecified atom stereocenters. The molecule has 1 aliphatic rings. The van der Waals surface area contributed by atoms with Crippen molar-refractivity contribution in [2.45, 2.75) is 57.5 Å². The molecule has 1 atom stereocenters. The summed E-state index contributed by atoms with van der Waals surface area (Å²) in [5, 5.41) is 15.2. The molecule has 1 aromatic rings. The maximum absolute atomic E-state index is 12.6. The number of likely N-dealkylation sites (N-methyl/N-ethyl adjacent to an activating group) is 1. The normalized spacial score (nSPS) is 17.2. The van der Waals surface area contributed by atoms with E-state index >= 15 is 0 Å². The van der Waals surface area contributed by atoms with Crippen molar-refractivity contribution in [3.8, 4) is 6.07 Å². The van der Waals surface area contributed by atoms with Gasteiger partial charge in [-0.3, -0.25) is 14.5 Å². The van der Waals surface area contributed by atoms with Gasteiger partial charge in [0.05, 0.1) is 18.7 Å². The highest BCUT2D eigenvalue weighted by atomic mass is 16.2. The zero-order valence-corrected chi connectivity index (χ0v) is 15.8. The first-order chi connectivity index (χ1) is 12.3. The molecule has 0 aromatic heterocycles. The molecule has 1 aromatic carbocycles. The van der Waals surface area contributed by atoms with Crippen LogP contribution in [-0.2, 0) is 9.59 Å². The predicted molar refractivity (Wildman–Crippen MR) is 101 cm³/mol. The SMILES string of the molecule is Cc1ccc(NC(=O)CN(C)[C@@H](C)C(=O)NC2(C#N)CCCCC2)cc1. The summed E-state index contributed by atoms with van der Waals surface area (Å²) in [4.78, 5) is 26.5. The minimum Gasteiger partial charge on any atom is -0.336 e. The van der Waals surface area contributed by atoms with Crippen LogP contribution in [-0.4, -0.2) is 41.9 Å². The molecule has 2 rings (SSSR count). The minimum atomic E-state index is -0.755. The standard InChI is InChI=1S/C20H28N4O2/c1-15-7-9-17(10-8-15)22-18(25)13-24(3)16(2)19(26)23-20(14-21)11-5-4-6-12-20/h7-10,16H,4-6,11-13H2,1-3H3,(H,22,25)(H,23,26)/t16-/m0/s1. The second kappa shape index (κ2) is 8.81. The summed E-state index contributed by atoms with van der Waals surface area (Å²) in [6.45, 7) is 3.84. The first-order valence-electron chi connectivity index (χ1n) is 9.15. The second-order valence-corrected chi connectivity index (χ2v) is 7.25. The van der Waals surface area contributed by atoms with Crippen LogP contribution in [0, 0.1) is 18.3 Å². The van der Waals surface area contributed by atoms with E-state index in [1.807, 2.05) is 31.2 Å². The van der Waals surface area contributed by atoms with Gasteiger partial charge in [-0.25, -0.2) is 0 Å². The number of hydrogen-bond donors (Lipinski definition) is 2. The summed E-state index contributed by atoms with van der Waals surface area (Å²) in [5.41, 5.74) is 1.10. The quantitative estimate of drug-likeness (QED) is 0.820. The Balaban J connectivity index is 1.88. The fraction of sp³-hybridized carbons (Fsp3) is 0.550. The fourth-order valence-electron chi connectivity index (χ4n) is 3.16. The lowest BCUT2D eigenvalue weighted by Gasteiger charge is -2.34. The molecule has 6 heteroatoms. The molecule has 2 N–H and O–H groups in total. The van der Waals surface area contributed by atoms with E-state index < -0.39 is 11.6 Å². The lowest BCUT2D eigenvalue weighted by molar-refractivity contribution is -0.128. The Labute approximate surface area is 155 Å². The van der Waals surface area contributed by atoms with E-state index in [2.05, 4.69) is 16.7 Å². The second-order valence-electron chi connectivity index (χ2n) is 7.25. The van der Waals surface area contributed by atoms with E-state index in [1.165, 1.54) is 0 Å². The summed E-state index contributed by atoms with van der Waals surface area (Å²) in [7, 11) is 1.74. The fourth-order valence-corrected chi connectivity index (χ4v) is 3.16. The van der Waals surface area contributed by atoms with Gasteiger partial charge in [-0.05, 0) is 45.9 Å². The van der Waals surface area contributed by atoms with Crippen LogP contribution in [0.1, 0.15) is 44.6 Å². The largest absolute Gasteiger partial charge is 0.336 e. The molecule has 140 valence electrons. The van der Waals surface area contributed by atoms with Crippen molar-refractivity contribution in [3.63, 3.8) is 0 Å². The van der Waals surface area contributed by atoms with Crippen LogP contribution in [0.2, 0.25) is 0 Å². The number of aryl methyl sites for hydroxylation is 1. The van der Waals surface area contributed by atoms with E-state index in [-0.39, 0.29) is 18.4 Å². The topological polar surface area (TPSA) is 85.2 Å². The van der Waals surface area contributed by atoms with Crippen LogP contribution in [0.15, 0.2) is 24.3 Å². The molecular weight excluding hydrogens is 328 g/mol. The van der Waals surface area contributed by atoms with Crippen LogP contribution in [0.5, 0.6) is 0 Å². The Kier molecular flexibility index (Phi) is 6.76. The lowest BCUT2D eigenvalue weighted by Crippen LogP contribution is -2.55. The third kappa shape index (κ3) is 5.30. The van der Waals surface area contributed by atoms with Gasteiger partial charge in [0.2, 0.25) is 11.8 Å². The van der Waals surface area contributed by atoms with E-state index in [1.54, 1.807) is 18.9 Å². The van der Waals surface area contributed by atoms with Gasteiger partial charge < -0.3 is 10.6 Å². The number of hydrogen-bond acceptors (Lipinski definition) is 4. The first kappa shape index (κ1) is 19.9. The van der Waals surface area contributed by atoms with Crippen LogP contribution in [0.25, 0.3) is 0 Å². The van der Waals surface area contributed by atoms with Gasteiger partial charge in [0, 0.05) is 5.69 Å². The molecule has 0 saturated heterocycles. The van der Waals surface area contributed by atoms with E-state index in [0.717, 1.165) is 30.5 Å². The van der Waals surface area contributed by atoms with Gasteiger partial charge >= 0.3 is 0 Å². The molecular formula is C20H28N4O2. The highest BCUT2D eigenvalue weighted by Gasteiger charge is 2.35. The molecule has 1 saturated carbocycles. The van der Waals surface area contributed by atoms with Gasteiger partial charge in [0.1, 0.15) is 5.54 Å². The Hall–Kier alpha value is -2.39. The maximum Gasteiger partial charge on any atom is 0.238 e. The number of nitrogens with one attached hydrogen (secondary N) is 2. The van der Waals surface area contributed by atoms with Gasteiger partial charge in [-0.15, -0.1) is 0 Å². The molecule has 0 radical (unpaired) electrons. The van der Waals surface area contributed by atoms with Crippen LogP contribution in [0.4, 0.5) is 5.69 Å². The van der Waals surface area contributed by atoms with E-state index in [9.17, 15) is 14.9 Å². The van der Waals surface area contributed by atoms with Crippen molar-refractivity contribution in [1.29, 1.82) is 5.26 Å². The van der Waals surface area contributed by atoms with E-state index in [0.29, 0.717) is 12.8 Å². The highest BCUT2D eigenvalue weighted by Crippen LogP contribution is 2.27. The third-order valence-corrected chi connectivity index (χ3v) is 5.05. The van der Waals surface area contributed by atoms with Crippen molar-refractivity contribution >= 4 is 17.5 Å². The Morgan fingerprint density at radius 2 is 1.85 bits per heavy atom. The molecule has 1 fully saturated rings. The predicted octanol–water partition coefficient (Wildman–Crippen LogP) is 2.60. The van der Waals surface area contributed by atoms with Crippen molar-refractivity contribution in [3.05, 3.63) is 29.8 Å². The van der Waals surface area contributed by atoms with Gasteiger partial charge in [0.25, 0.3) is 0 Å². The average Bonchev–Trinajstić information content (AvgIpc) is 2.63. The molecule has 0 aliphatic heterocycles. The number of nitriles is 1. The molecule has 0 bridgehead atoms. The van der Waals surface area contributed by atoms with Crippen molar-refractivity contribution in [2.75, 3.05) is 18.9 Å². The molecule has 0 spiro atoms. The molecule has 26 heavy (non-hydrogen) atoms. The number of carbonyl (C=O) groups excluding carboxylic acids is 2. The first-order valence-corrected chi connectivity index (χ1v) is 9.15. The maximum atomic E-state index is 12.6. The summed E-state index contributed by atoms with van der Waals surface area (Å²) in [5.74, 6) is -0.386. The number of benzene rings is 1. The van der Waals surface area contributed by atoms with E-state index in [4.69, 9.17) is 0 Å². The Morgan fingerprint density at radius 1 is 1.23 bits per heavy atom. The number of rotatable bonds is 6. The summed E-state index contributed by atoms with van der Waals surface area (Å²) < 4.78 is 0. The highest BCUT2D eigenvalue weighted by molar-refractivity contribution is 5.92. The zero-order chi connectivity index (χ0) is 19.2. The van der Waals surface area contributed by atoms with Crippen LogP contribution in [0.3, 0.4) is 0 Å². The van der Waals surface area contributed by atoms with Crippen molar-refractivity contribution < 1.29 is 9.59 Å². The van der Waals surface area contributed by atoms with Crippen molar-refractivity contribution in [2.24, 2.45) is 0 Å². The van der Waals surface area contributed by atoms with Crippen LogP contribution >= 0.6 is 0 Å².